The summed E-state index contributed by atoms with van der Waals surface area (Å²) in [5, 5.41) is 9.82. The number of carbonyl (C=O) groups is 1. The van der Waals surface area contributed by atoms with E-state index in [2.05, 4.69) is 20.5 Å². The lowest BCUT2D eigenvalue weighted by atomic mass is 10.3. The lowest BCUT2D eigenvalue weighted by Crippen LogP contribution is -2.24. The number of carbonyl (C=O) groups excluding carboxylic acids is 1. The number of hydrogen-bond acceptors (Lipinski definition) is 5. The van der Waals surface area contributed by atoms with Gasteiger partial charge in [-0.05, 0) is 6.07 Å². The molecule has 0 fully saturated rings. The van der Waals surface area contributed by atoms with Crippen molar-refractivity contribution in [3.05, 3.63) is 29.0 Å². The maximum absolute atomic E-state index is 11.6. The summed E-state index contributed by atoms with van der Waals surface area (Å²) in [4.78, 5) is 15.9. The topological polar surface area (TPSA) is 96.7 Å². The standard InChI is InChI=1S/C9H11N5OS/c10-9-12-5-7(16-9)8(15)11-3-1-6-2-4-13-14-6/h2,4-5H,1,3H2,(H2,10,12)(H,11,15)(H,13,14). The number of nitrogens with two attached hydrogens (primary N) is 1. The van der Waals surface area contributed by atoms with E-state index in [1.807, 2.05) is 6.07 Å². The highest BCUT2D eigenvalue weighted by molar-refractivity contribution is 7.17. The normalized spacial score (nSPS) is 10.2. The molecule has 0 aromatic carbocycles. The van der Waals surface area contributed by atoms with Crippen molar-refractivity contribution in [2.45, 2.75) is 6.42 Å². The number of H-pyrrole nitrogens is 1. The number of nitrogen functional groups attached to an aromatic ring is 1. The number of anilines is 1. The lowest BCUT2D eigenvalue weighted by Gasteiger charge is -2.00. The summed E-state index contributed by atoms with van der Waals surface area (Å²) in [6, 6.07) is 1.87. The van der Waals surface area contributed by atoms with Crippen molar-refractivity contribution in [3.8, 4) is 0 Å². The van der Waals surface area contributed by atoms with Crippen LogP contribution in [0, 0.1) is 0 Å². The molecule has 0 aliphatic heterocycles. The fraction of sp³-hybridized carbons (Fsp3) is 0.222. The van der Waals surface area contributed by atoms with Crippen LogP contribution in [0.4, 0.5) is 5.13 Å². The molecule has 0 saturated heterocycles. The van der Waals surface area contributed by atoms with Gasteiger partial charge in [-0.2, -0.15) is 5.10 Å². The molecule has 0 atom stereocenters. The zero-order valence-corrected chi connectivity index (χ0v) is 9.25. The van der Waals surface area contributed by atoms with Gasteiger partial charge >= 0.3 is 0 Å². The van der Waals surface area contributed by atoms with Crippen LogP contribution in [0.3, 0.4) is 0 Å². The highest BCUT2D eigenvalue weighted by Crippen LogP contribution is 2.13. The highest BCUT2D eigenvalue weighted by Gasteiger charge is 2.08. The average Bonchev–Trinajstić information content (AvgIpc) is 2.89. The smallest absolute Gasteiger partial charge is 0.263 e. The molecule has 0 bridgehead atoms. The zero-order chi connectivity index (χ0) is 11.4. The predicted molar refractivity (Wildman–Crippen MR) is 61.2 cm³/mol. The molecule has 4 N–H and O–H groups in total. The first-order valence-corrected chi connectivity index (χ1v) is 5.55. The van der Waals surface area contributed by atoms with Crippen molar-refractivity contribution in [3.63, 3.8) is 0 Å². The molecule has 7 heteroatoms. The van der Waals surface area contributed by atoms with Gasteiger partial charge in [-0.25, -0.2) is 4.98 Å². The van der Waals surface area contributed by atoms with Gasteiger partial charge in [0.05, 0.1) is 6.20 Å². The quantitative estimate of drug-likeness (QED) is 0.718. The van der Waals surface area contributed by atoms with Crippen molar-refractivity contribution in [1.82, 2.24) is 20.5 Å². The van der Waals surface area contributed by atoms with Crippen LogP contribution in [0.15, 0.2) is 18.5 Å². The molecular formula is C9H11N5OS. The van der Waals surface area contributed by atoms with E-state index in [9.17, 15) is 4.79 Å². The third-order valence-electron chi connectivity index (χ3n) is 1.99. The number of rotatable bonds is 4. The molecule has 6 nitrogen and oxygen atoms in total. The Morgan fingerprint density at radius 3 is 3.12 bits per heavy atom. The Morgan fingerprint density at radius 1 is 1.62 bits per heavy atom. The summed E-state index contributed by atoms with van der Waals surface area (Å²) >= 11 is 1.18. The summed E-state index contributed by atoms with van der Waals surface area (Å²) in [6.07, 6.45) is 3.88. The molecule has 84 valence electrons. The minimum Gasteiger partial charge on any atom is -0.375 e. The van der Waals surface area contributed by atoms with Crippen molar-refractivity contribution in [2.24, 2.45) is 0 Å². The molecule has 0 aliphatic rings. The maximum atomic E-state index is 11.6. The molecule has 0 spiro atoms. The Labute approximate surface area is 95.9 Å². The van der Waals surface area contributed by atoms with Crippen LogP contribution in [-0.4, -0.2) is 27.6 Å². The lowest BCUT2D eigenvalue weighted by molar-refractivity contribution is 0.0958. The largest absolute Gasteiger partial charge is 0.375 e. The van der Waals surface area contributed by atoms with E-state index in [0.29, 0.717) is 16.6 Å². The van der Waals surface area contributed by atoms with Gasteiger partial charge in [0.1, 0.15) is 4.88 Å². The predicted octanol–water partition coefficient (Wildman–Crippen LogP) is 0.421. The minimum atomic E-state index is -0.145. The zero-order valence-electron chi connectivity index (χ0n) is 8.43. The van der Waals surface area contributed by atoms with Crippen LogP contribution in [0.1, 0.15) is 15.4 Å². The number of amides is 1. The molecule has 2 rings (SSSR count). The van der Waals surface area contributed by atoms with E-state index in [-0.39, 0.29) is 5.91 Å². The van der Waals surface area contributed by atoms with Gasteiger partial charge in [0.25, 0.3) is 5.91 Å². The van der Waals surface area contributed by atoms with Crippen LogP contribution in [0.25, 0.3) is 0 Å². The van der Waals surface area contributed by atoms with Crippen LogP contribution in [0.5, 0.6) is 0 Å². The van der Waals surface area contributed by atoms with Gasteiger partial charge in [-0.1, -0.05) is 11.3 Å². The Hall–Kier alpha value is -1.89. The fourth-order valence-corrected chi connectivity index (χ4v) is 1.82. The molecular weight excluding hydrogens is 226 g/mol. The SMILES string of the molecule is Nc1ncc(C(=O)NCCc2ccn[nH]2)s1. The third-order valence-corrected chi connectivity index (χ3v) is 2.81. The van der Waals surface area contributed by atoms with Gasteiger partial charge in [0.2, 0.25) is 0 Å². The monoisotopic (exact) mass is 237 g/mol. The van der Waals surface area contributed by atoms with Crippen molar-refractivity contribution in [1.29, 1.82) is 0 Å². The number of hydrogen-bond donors (Lipinski definition) is 3. The van der Waals surface area contributed by atoms with Gasteiger partial charge in [-0.15, -0.1) is 0 Å². The second kappa shape index (κ2) is 4.75. The molecule has 0 saturated carbocycles. The first-order valence-electron chi connectivity index (χ1n) is 4.73. The van der Waals surface area contributed by atoms with Crippen molar-refractivity contribution in [2.75, 3.05) is 12.3 Å². The number of thiazole rings is 1. The van der Waals surface area contributed by atoms with Gasteiger partial charge < -0.3 is 11.1 Å². The second-order valence-corrected chi connectivity index (χ2v) is 4.21. The molecule has 16 heavy (non-hydrogen) atoms. The van der Waals surface area contributed by atoms with E-state index >= 15 is 0 Å². The van der Waals surface area contributed by atoms with Gasteiger partial charge in [0.15, 0.2) is 5.13 Å². The highest BCUT2D eigenvalue weighted by atomic mass is 32.1. The Kier molecular flexibility index (Phi) is 3.16. The molecule has 0 radical (unpaired) electrons. The van der Waals surface area contributed by atoms with E-state index < -0.39 is 0 Å². The summed E-state index contributed by atoms with van der Waals surface area (Å²) in [5.74, 6) is -0.145. The summed E-state index contributed by atoms with van der Waals surface area (Å²) < 4.78 is 0. The fourth-order valence-electron chi connectivity index (χ4n) is 1.21. The summed E-state index contributed by atoms with van der Waals surface area (Å²) in [6.45, 7) is 0.554. The molecule has 0 unspecified atom stereocenters. The molecule has 0 aliphatic carbocycles. The number of nitrogens with one attached hydrogen (secondary N) is 2. The first-order chi connectivity index (χ1) is 7.75. The number of aromatic nitrogens is 3. The summed E-state index contributed by atoms with van der Waals surface area (Å²) in [7, 11) is 0. The number of aromatic amines is 1. The van der Waals surface area contributed by atoms with Crippen molar-refractivity contribution >= 4 is 22.4 Å². The molecule has 2 aromatic rings. The minimum absolute atomic E-state index is 0.145. The Bertz CT molecular complexity index is 464. The van der Waals surface area contributed by atoms with E-state index in [4.69, 9.17) is 5.73 Å². The van der Waals surface area contributed by atoms with E-state index in [0.717, 1.165) is 12.1 Å². The maximum Gasteiger partial charge on any atom is 0.263 e. The van der Waals surface area contributed by atoms with Gasteiger partial charge in [-0.3, -0.25) is 9.89 Å². The van der Waals surface area contributed by atoms with Crippen LogP contribution >= 0.6 is 11.3 Å². The molecule has 2 heterocycles. The van der Waals surface area contributed by atoms with E-state index in [1.54, 1.807) is 6.20 Å². The molecule has 2 aromatic heterocycles. The van der Waals surface area contributed by atoms with Crippen LogP contribution < -0.4 is 11.1 Å². The van der Waals surface area contributed by atoms with Crippen molar-refractivity contribution < 1.29 is 4.79 Å². The van der Waals surface area contributed by atoms with Crippen LogP contribution in [0.2, 0.25) is 0 Å². The second-order valence-electron chi connectivity index (χ2n) is 3.15. The Balaban J connectivity index is 1.80. The summed E-state index contributed by atoms with van der Waals surface area (Å²) in [5.41, 5.74) is 6.43. The van der Waals surface area contributed by atoms with Crippen LogP contribution in [-0.2, 0) is 6.42 Å². The average molecular weight is 237 g/mol. The third kappa shape index (κ3) is 2.57. The molecule has 1 amide bonds. The van der Waals surface area contributed by atoms with Gasteiger partial charge in [0, 0.05) is 24.9 Å². The van der Waals surface area contributed by atoms with E-state index in [1.165, 1.54) is 17.5 Å². The number of nitrogens with zero attached hydrogens (tertiary/aromatic N) is 2. The Morgan fingerprint density at radius 2 is 2.50 bits per heavy atom. The first kappa shape index (κ1) is 10.6.